The Bertz CT molecular complexity index is 559. The predicted octanol–water partition coefficient (Wildman–Crippen LogP) is 4.71. The molecule has 19 heavy (non-hydrogen) atoms. The number of fused-ring (bicyclic) bond motifs is 1. The number of rotatable bonds is 2. The molecule has 2 rings (SSSR count). The molecular weight excluding hydrogens is 232 g/mol. The number of allylic oxidation sites excluding steroid dienone is 2. The van der Waals surface area contributed by atoms with Gasteiger partial charge in [0.05, 0.1) is 0 Å². The molecule has 0 aromatic heterocycles. The summed E-state index contributed by atoms with van der Waals surface area (Å²) in [5.74, 6) is 0.114. The van der Waals surface area contributed by atoms with Crippen LogP contribution in [0.5, 0.6) is 0 Å². The minimum atomic E-state index is 0.114. The number of carbonyl (C=O) groups is 1. The van der Waals surface area contributed by atoms with Crippen molar-refractivity contribution in [3.63, 3.8) is 0 Å². The summed E-state index contributed by atoms with van der Waals surface area (Å²) >= 11 is 0. The molecule has 0 atom stereocenters. The van der Waals surface area contributed by atoms with Gasteiger partial charge < -0.3 is 0 Å². The summed E-state index contributed by atoms with van der Waals surface area (Å²) < 4.78 is 0. The molecule has 0 radical (unpaired) electrons. The fourth-order valence-corrected chi connectivity index (χ4v) is 3.63. The molecule has 1 heteroatoms. The molecule has 0 unspecified atom stereocenters. The van der Waals surface area contributed by atoms with E-state index in [0.717, 1.165) is 17.5 Å². The van der Waals surface area contributed by atoms with Crippen LogP contribution < -0.4 is 0 Å². The molecule has 0 spiro atoms. The van der Waals surface area contributed by atoms with Gasteiger partial charge >= 0.3 is 0 Å². The number of carbonyl (C=O) groups excluding carboxylic acids is 1. The molecule has 0 N–H and O–H groups in total. The molecule has 1 nitrogen and oxygen atoms in total. The highest BCUT2D eigenvalue weighted by Crippen LogP contribution is 2.49. The standard InChI is InChI=1S/C18H24O/c1-7-8-16(19)13-10-15-14(9-12(13)2)17(3,4)11-18(15,5)6/h7-10H,11H2,1-6H3/b8-7+. The number of benzene rings is 1. The maximum absolute atomic E-state index is 12.2. The van der Waals surface area contributed by atoms with Gasteiger partial charge in [-0.15, -0.1) is 0 Å². The maximum Gasteiger partial charge on any atom is 0.185 e. The Kier molecular flexibility index (Phi) is 3.20. The second-order valence-electron chi connectivity index (χ2n) is 7.02. The van der Waals surface area contributed by atoms with Crippen LogP contribution in [-0.4, -0.2) is 5.78 Å². The molecule has 1 aromatic carbocycles. The van der Waals surface area contributed by atoms with Gasteiger partial charge in [-0.25, -0.2) is 0 Å². The Morgan fingerprint density at radius 1 is 1.11 bits per heavy atom. The quantitative estimate of drug-likeness (QED) is 0.553. The van der Waals surface area contributed by atoms with Crippen molar-refractivity contribution in [3.05, 3.63) is 46.5 Å². The first kappa shape index (κ1) is 14.0. The third-order valence-corrected chi connectivity index (χ3v) is 4.29. The van der Waals surface area contributed by atoms with E-state index in [1.54, 1.807) is 6.08 Å². The number of hydrogen-bond donors (Lipinski definition) is 0. The third-order valence-electron chi connectivity index (χ3n) is 4.29. The van der Waals surface area contributed by atoms with E-state index in [-0.39, 0.29) is 16.6 Å². The smallest absolute Gasteiger partial charge is 0.185 e. The second-order valence-corrected chi connectivity index (χ2v) is 7.02. The summed E-state index contributed by atoms with van der Waals surface area (Å²) in [6.45, 7) is 13.1. The molecule has 0 fully saturated rings. The van der Waals surface area contributed by atoms with Crippen LogP contribution in [0.3, 0.4) is 0 Å². The average Bonchev–Trinajstić information content (AvgIpc) is 2.43. The average molecular weight is 256 g/mol. The highest BCUT2D eigenvalue weighted by molar-refractivity contribution is 6.05. The lowest BCUT2D eigenvalue weighted by atomic mass is 9.82. The van der Waals surface area contributed by atoms with Crippen molar-refractivity contribution >= 4 is 5.78 Å². The third kappa shape index (κ3) is 2.27. The van der Waals surface area contributed by atoms with Gasteiger partial charge in [-0.2, -0.15) is 0 Å². The van der Waals surface area contributed by atoms with Gasteiger partial charge in [-0.05, 0) is 59.9 Å². The van der Waals surface area contributed by atoms with E-state index in [9.17, 15) is 4.79 Å². The molecule has 1 aliphatic carbocycles. The van der Waals surface area contributed by atoms with Crippen molar-refractivity contribution in [3.8, 4) is 0 Å². The summed E-state index contributed by atoms with van der Waals surface area (Å²) in [5.41, 5.74) is 5.04. The van der Waals surface area contributed by atoms with Gasteiger partial charge in [0.15, 0.2) is 5.78 Å². The predicted molar refractivity (Wildman–Crippen MR) is 81.0 cm³/mol. The Hall–Kier alpha value is -1.37. The zero-order valence-electron chi connectivity index (χ0n) is 12.9. The molecule has 0 saturated carbocycles. The Balaban J connectivity index is 2.64. The minimum Gasteiger partial charge on any atom is -0.289 e. The van der Waals surface area contributed by atoms with Gasteiger partial charge in [-0.1, -0.05) is 39.8 Å². The van der Waals surface area contributed by atoms with Gasteiger partial charge in [-0.3, -0.25) is 4.79 Å². The largest absolute Gasteiger partial charge is 0.289 e. The Morgan fingerprint density at radius 2 is 1.63 bits per heavy atom. The zero-order chi connectivity index (χ0) is 14.4. The molecule has 0 aliphatic heterocycles. The molecule has 0 amide bonds. The van der Waals surface area contributed by atoms with Crippen molar-refractivity contribution in [1.29, 1.82) is 0 Å². The van der Waals surface area contributed by atoms with Crippen molar-refractivity contribution in [2.75, 3.05) is 0 Å². The van der Waals surface area contributed by atoms with Crippen LogP contribution in [0.2, 0.25) is 0 Å². The molecular formula is C18H24O. The van der Waals surface area contributed by atoms with Crippen molar-refractivity contribution in [2.45, 2.75) is 58.8 Å². The molecule has 1 aromatic rings. The lowest BCUT2D eigenvalue weighted by molar-refractivity contribution is 0.104. The van der Waals surface area contributed by atoms with E-state index in [1.165, 1.54) is 11.1 Å². The topological polar surface area (TPSA) is 17.1 Å². The highest BCUT2D eigenvalue weighted by Gasteiger charge is 2.42. The molecule has 1 aliphatic rings. The summed E-state index contributed by atoms with van der Waals surface area (Å²) in [4.78, 5) is 12.2. The van der Waals surface area contributed by atoms with E-state index in [1.807, 2.05) is 19.9 Å². The van der Waals surface area contributed by atoms with Crippen molar-refractivity contribution in [1.82, 2.24) is 0 Å². The number of hydrogen-bond acceptors (Lipinski definition) is 1. The summed E-state index contributed by atoms with van der Waals surface area (Å²) in [6, 6.07) is 4.35. The normalized spacial score (nSPS) is 19.7. The SMILES string of the molecule is C/C=C/C(=O)c1cc2c(cc1C)C(C)(C)CC2(C)C. The Morgan fingerprint density at radius 3 is 2.16 bits per heavy atom. The first-order valence-corrected chi connectivity index (χ1v) is 7.02. The molecule has 0 heterocycles. The maximum atomic E-state index is 12.2. The van der Waals surface area contributed by atoms with Gasteiger partial charge in [0.2, 0.25) is 0 Å². The van der Waals surface area contributed by atoms with Crippen LogP contribution in [0.4, 0.5) is 0 Å². The van der Waals surface area contributed by atoms with Crippen molar-refractivity contribution < 1.29 is 4.79 Å². The summed E-state index contributed by atoms with van der Waals surface area (Å²) in [6.07, 6.45) is 4.60. The van der Waals surface area contributed by atoms with E-state index in [2.05, 4.69) is 39.8 Å². The highest BCUT2D eigenvalue weighted by atomic mass is 16.1. The van der Waals surface area contributed by atoms with Gasteiger partial charge in [0.1, 0.15) is 0 Å². The number of ketones is 1. The number of aryl methyl sites for hydroxylation is 1. The van der Waals surface area contributed by atoms with E-state index in [0.29, 0.717) is 0 Å². The first-order chi connectivity index (χ1) is 8.69. The van der Waals surface area contributed by atoms with Crippen molar-refractivity contribution in [2.24, 2.45) is 0 Å². The van der Waals surface area contributed by atoms with Crippen LogP contribution in [0, 0.1) is 6.92 Å². The summed E-state index contributed by atoms with van der Waals surface area (Å²) in [7, 11) is 0. The van der Waals surface area contributed by atoms with E-state index in [4.69, 9.17) is 0 Å². The molecule has 102 valence electrons. The lowest BCUT2D eigenvalue weighted by Crippen LogP contribution is -2.18. The van der Waals surface area contributed by atoms with Crippen LogP contribution in [0.1, 0.15) is 68.1 Å². The van der Waals surface area contributed by atoms with Gasteiger partial charge in [0.25, 0.3) is 0 Å². The lowest BCUT2D eigenvalue weighted by Gasteiger charge is -2.22. The second kappa shape index (κ2) is 4.33. The monoisotopic (exact) mass is 256 g/mol. The molecule has 0 bridgehead atoms. The van der Waals surface area contributed by atoms with Crippen LogP contribution in [0.25, 0.3) is 0 Å². The fraction of sp³-hybridized carbons (Fsp3) is 0.500. The Labute approximate surface area is 116 Å². The van der Waals surface area contributed by atoms with Crippen LogP contribution >= 0.6 is 0 Å². The van der Waals surface area contributed by atoms with Gasteiger partial charge in [0, 0.05) is 5.56 Å². The van der Waals surface area contributed by atoms with Crippen LogP contribution in [0.15, 0.2) is 24.3 Å². The van der Waals surface area contributed by atoms with E-state index >= 15 is 0 Å². The fourth-order valence-electron chi connectivity index (χ4n) is 3.63. The zero-order valence-corrected chi connectivity index (χ0v) is 12.9. The first-order valence-electron chi connectivity index (χ1n) is 7.02. The molecule has 0 saturated heterocycles. The minimum absolute atomic E-state index is 0.114. The summed E-state index contributed by atoms with van der Waals surface area (Å²) in [5, 5.41) is 0. The van der Waals surface area contributed by atoms with E-state index < -0.39 is 0 Å². The van der Waals surface area contributed by atoms with Crippen LogP contribution in [-0.2, 0) is 10.8 Å².